The maximum atomic E-state index is 9.93. The van der Waals surface area contributed by atoms with E-state index in [4.69, 9.17) is 4.74 Å². The zero-order chi connectivity index (χ0) is 12.6. The highest BCUT2D eigenvalue weighted by Gasteiger charge is 2.17. The van der Waals surface area contributed by atoms with Crippen molar-refractivity contribution >= 4 is 0 Å². The number of aliphatic hydroxyl groups is 1. The Morgan fingerprint density at radius 3 is 2.89 bits per heavy atom. The molecule has 0 aromatic heterocycles. The topological polar surface area (TPSA) is 41.5 Å². The zero-order valence-corrected chi connectivity index (χ0v) is 10.8. The van der Waals surface area contributed by atoms with Gasteiger partial charge in [-0.25, -0.2) is 0 Å². The molecule has 2 unspecified atom stereocenters. The van der Waals surface area contributed by atoms with E-state index in [1.807, 2.05) is 30.3 Å². The van der Waals surface area contributed by atoms with Crippen LogP contribution in [0.3, 0.4) is 0 Å². The van der Waals surface area contributed by atoms with E-state index in [1.165, 1.54) is 12.8 Å². The van der Waals surface area contributed by atoms with Gasteiger partial charge in [-0.2, -0.15) is 0 Å². The Morgan fingerprint density at radius 2 is 2.17 bits per heavy atom. The summed E-state index contributed by atoms with van der Waals surface area (Å²) < 4.78 is 5.55. The largest absolute Gasteiger partial charge is 0.391 e. The van der Waals surface area contributed by atoms with E-state index in [-0.39, 0.29) is 6.10 Å². The van der Waals surface area contributed by atoms with Gasteiger partial charge < -0.3 is 15.2 Å². The Hall–Kier alpha value is -0.900. The van der Waals surface area contributed by atoms with E-state index in [9.17, 15) is 5.11 Å². The first-order chi connectivity index (χ1) is 8.84. The van der Waals surface area contributed by atoms with E-state index in [2.05, 4.69) is 5.32 Å². The second-order valence-corrected chi connectivity index (χ2v) is 5.10. The standard InChI is InChI=1S/C15H23NO2/c17-15(9-14-7-4-8-16-10-14)12-18-11-13-5-2-1-3-6-13/h1-3,5-6,14-17H,4,7-12H2. The summed E-state index contributed by atoms with van der Waals surface area (Å²) >= 11 is 0. The van der Waals surface area contributed by atoms with E-state index in [1.54, 1.807) is 0 Å². The van der Waals surface area contributed by atoms with Gasteiger partial charge in [0.25, 0.3) is 0 Å². The molecule has 3 nitrogen and oxygen atoms in total. The fourth-order valence-electron chi connectivity index (χ4n) is 2.47. The molecule has 18 heavy (non-hydrogen) atoms. The second-order valence-electron chi connectivity index (χ2n) is 5.10. The fourth-order valence-corrected chi connectivity index (χ4v) is 2.47. The van der Waals surface area contributed by atoms with Gasteiger partial charge >= 0.3 is 0 Å². The summed E-state index contributed by atoms with van der Waals surface area (Å²) in [5.41, 5.74) is 1.16. The summed E-state index contributed by atoms with van der Waals surface area (Å²) in [6.07, 6.45) is 2.96. The third-order valence-corrected chi connectivity index (χ3v) is 3.43. The molecule has 1 heterocycles. The monoisotopic (exact) mass is 249 g/mol. The Labute approximate surface area is 109 Å². The van der Waals surface area contributed by atoms with Crippen LogP contribution in [0.15, 0.2) is 30.3 Å². The molecule has 100 valence electrons. The molecule has 2 atom stereocenters. The van der Waals surface area contributed by atoms with Crippen LogP contribution in [0.25, 0.3) is 0 Å². The first-order valence-electron chi connectivity index (χ1n) is 6.85. The van der Waals surface area contributed by atoms with Crippen molar-refractivity contribution in [3.63, 3.8) is 0 Å². The molecule has 2 N–H and O–H groups in total. The van der Waals surface area contributed by atoms with E-state index >= 15 is 0 Å². The van der Waals surface area contributed by atoms with Gasteiger partial charge in [-0.1, -0.05) is 30.3 Å². The molecule has 0 aliphatic carbocycles. The normalized spacial score (nSPS) is 21.7. The van der Waals surface area contributed by atoms with Gasteiger partial charge in [-0.15, -0.1) is 0 Å². The van der Waals surface area contributed by atoms with Crippen LogP contribution in [0.5, 0.6) is 0 Å². The first kappa shape index (κ1) is 13.5. The first-order valence-corrected chi connectivity index (χ1v) is 6.85. The maximum Gasteiger partial charge on any atom is 0.0777 e. The maximum absolute atomic E-state index is 9.93. The fraction of sp³-hybridized carbons (Fsp3) is 0.600. The van der Waals surface area contributed by atoms with Crippen molar-refractivity contribution < 1.29 is 9.84 Å². The van der Waals surface area contributed by atoms with Crippen LogP contribution in [-0.2, 0) is 11.3 Å². The quantitative estimate of drug-likeness (QED) is 0.809. The van der Waals surface area contributed by atoms with Crippen LogP contribution >= 0.6 is 0 Å². The second kappa shape index (κ2) is 7.52. The lowest BCUT2D eigenvalue weighted by atomic mass is 9.94. The van der Waals surface area contributed by atoms with Gasteiger partial charge in [0.05, 0.1) is 19.3 Å². The Kier molecular flexibility index (Phi) is 5.65. The molecule has 1 aliphatic heterocycles. The van der Waals surface area contributed by atoms with Crippen molar-refractivity contribution in [3.8, 4) is 0 Å². The summed E-state index contributed by atoms with van der Waals surface area (Å²) in [7, 11) is 0. The minimum absolute atomic E-state index is 0.335. The van der Waals surface area contributed by atoms with Crippen LogP contribution in [-0.4, -0.2) is 30.9 Å². The third kappa shape index (κ3) is 4.77. The highest BCUT2D eigenvalue weighted by atomic mass is 16.5. The number of benzene rings is 1. The lowest BCUT2D eigenvalue weighted by molar-refractivity contribution is 0.0148. The number of rotatable bonds is 6. The molecule has 3 heteroatoms. The van der Waals surface area contributed by atoms with Crippen molar-refractivity contribution in [1.82, 2.24) is 5.32 Å². The van der Waals surface area contributed by atoms with E-state index < -0.39 is 0 Å². The molecule has 0 spiro atoms. The van der Waals surface area contributed by atoms with Gasteiger partial charge in [-0.05, 0) is 43.8 Å². The van der Waals surface area contributed by atoms with Gasteiger partial charge in [0.1, 0.15) is 0 Å². The molecule has 0 radical (unpaired) electrons. The van der Waals surface area contributed by atoms with Crippen LogP contribution < -0.4 is 5.32 Å². The lowest BCUT2D eigenvalue weighted by Gasteiger charge is -2.24. The lowest BCUT2D eigenvalue weighted by Crippen LogP contribution is -2.32. The molecule has 1 aromatic rings. The van der Waals surface area contributed by atoms with Crippen LogP contribution in [0, 0.1) is 5.92 Å². The summed E-state index contributed by atoms with van der Waals surface area (Å²) in [6, 6.07) is 10.1. The summed E-state index contributed by atoms with van der Waals surface area (Å²) in [4.78, 5) is 0. The smallest absolute Gasteiger partial charge is 0.0777 e. The predicted molar refractivity (Wildman–Crippen MR) is 72.3 cm³/mol. The average molecular weight is 249 g/mol. The number of hydrogen-bond acceptors (Lipinski definition) is 3. The minimum atomic E-state index is -0.335. The Balaban J connectivity index is 1.61. The van der Waals surface area contributed by atoms with Crippen molar-refractivity contribution in [3.05, 3.63) is 35.9 Å². The minimum Gasteiger partial charge on any atom is -0.391 e. The zero-order valence-electron chi connectivity index (χ0n) is 10.8. The molecule has 1 fully saturated rings. The molecule has 1 saturated heterocycles. The summed E-state index contributed by atoms with van der Waals surface area (Å²) in [6.45, 7) is 3.18. The Bertz CT molecular complexity index is 323. The molecule has 0 saturated carbocycles. The van der Waals surface area contributed by atoms with Gasteiger partial charge in [-0.3, -0.25) is 0 Å². The number of nitrogens with one attached hydrogen (secondary N) is 1. The summed E-state index contributed by atoms with van der Waals surface area (Å²) in [5, 5.41) is 13.3. The molecular weight excluding hydrogens is 226 g/mol. The van der Waals surface area contributed by atoms with Crippen molar-refractivity contribution in [1.29, 1.82) is 0 Å². The molecule has 1 aromatic carbocycles. The molecule has 2 rings (SSSR count). The van der Waals surface area contributed by atoms with E-state index in [0.29, 0.717) is 19.1 Å². The predicted octanol–water partition coefficient (Wildman–Crippen LogP) is 1.95. The molecule has 0 bridgehead atoms. The SMILES string of the molecule is OC(COCc1ccccc1)CC1CCCNC1. The number of ether oxygens (including phenoxy) is 1. The number of hydrogen-bond donors (Lipinski definition) is 2. The van der Waals surface area contributed by atoms with Gasteiger partial charge in [0.15, 0.2) is 0 Å². The number of piperidine rings is 1. The summed E-state index contributed by atoms with van der Waals surface area (Å²) in [5.74, 6) is 0.606. The van der Waals surface area contributed by atoms with Crippen LogP contribution in [0.1, 0.15) is 24.8 Å². The van der Waals surface area contributed by atoms with Crippen LogP contribution in [0.2, 0.25) is 0 Å². The molecule has 1 aliphatic rings. The molecule has 0 amide bonds. The number of aliphatic hydroxyl groups excluding tert-OH is 1. The van der Waals surface area contributed by atoms with Crippen molar-refractivity contribution in [2.45, 2.75) is 32.0 Å². The highest BCUT2D eigenvalue weighted by molar-refractivity contribution is 5.13. The Morgan fingerprint density at radius 1 is 1.33 bits per heavy atom. The molecular formula is C15H23NO2. The van der Waals surface area contributed by atoms with Crippen molar-refractivity contribution in [2.24, 2.45) is 5.92 Å². The van der Waals surface area contributed by atoms with Gasteiger partial charge in [0, 0.05) is 0 Å². The van der Waals surface area contributed by atoms with Crippen LogP contribution in [0.4, 0.5) is 0 Å². The van der Waals surface area contributed by atoms with Gasteiger partial charge in [0.2, 0.25) is 0 Å². The van der Waals surface area contributed by atoms with E-state index in [0.717, 1.165) is 25.1 Å². The third-order valence-electron chi connectivity index (χ3n) is 3.43. The highest BCUT2D eigenvalue weighted by Crippen LogP contribution is 2.16. The van der Waals surface area contributed by atoms with Crippen molar-refractivity contribution in [2.75, 3.05) is 19.7 Å². The average Bonchev–Trinajstić information content (AvgIpc) is 2.41.